The summed E-state index contributed by atoms with van der Waals surface area (Å²) in [5.74, 6) is -0.643. The number of para-hydroxylation sites is 1. The molecule has 0 bridgehead atoms. The van der Waals surface area contributed by atoms with E-state index in [-0.39, 0.29) is 41.3 Å². The molecule has 180 valence electrons. The SMILES string of the molecule is CCCS(=O)(=O)Oc1ccc(OC)cc1CN(C(C)=O)c1cccnc1Oc1ccccc1F. The number of carbonyl (C=O) groups excluding carboxylic acids is 1. The van der Waals surface area contributed by atoms with Crippen molar-refractivity contribution in [1.29, 1.82) is 0 Å². The van der Waals surface area contributed by atoms with E-state index < -0.39 is 15.9 Å². The number of ether oxygens (including phenoxy) is 2. The summed E-state index contributed by atoms with van der Waals surface area (Å²) >= 11 is 0. The van der Waals surface area contributed by atoms with Gasteiger partial charge < -0.3 is 18.6 Å². The molecular weight excluding hydrogens is 463 g/mol. The topological polar surface area (TPSA) is 95.0 Å². The molecule has 0 radical (unpaired) electrons. The molecule has 0 saturated heterocycles. The third-order valence-corrected chi connectivity index (χ3v) is 6.07. The van der Waals surface area contributed by atoms with Gasteiger partial charge in [0.05, 0.1) is 19.4 Å². The van der Waals surface area contributed by atoms with Gasteiger partial charge in [-0.15, -0.1) is 0 Å². The van der Waals surface area contributed by atoms with Gasteiger partial charge in [0.1, 0.15) is 17.2 Å². The largest absolute Gasteiger partial charge is 0.497 e. The van der Waals surface area contributed by atoms with Crippen LogP contribution >= 0.6 is 0 Å². The van der Waals surface area contributed by atoms with Crippen molar-refractivity contribution in [3.63, 3.8) is 0 Å². The van der Waals surface area contributed by atoms with E-state index in [2.05, 4.69) is 4.98 Å². The number of carbonyl (C=O) groups is 1. The summed E-state index contributed by atoms with van der Waals surface area (Å²) in [4.78, 5) is 18.1. The Balaban J connectivity index is 2.01. The molecule has 2 aromatic carbocycles. The van der Waals surface area contributed by atoms with Gasteiger partial charge in [-0.25, -0.2) is 9.37 Å². The first-order valence-corrected chi connectivity index (χ1v) is 12.1. The molecule has 0 N–H and O–H groups in total. The first-order chi connectivity index (χ1) is 16.2. The Labute approximate surface area is 198 Å². The zero-order chi connectivity index (χ0) is 24.7. The van der Waals surface area contributed by atoms with Crippen molar-refractivity contribution in [2.75, 3.05) is 17.8 Å². The minimum absolute atomic E-state index is 0.00627. The van der Waals surface area contributed by atoms with Gasteiger partial charge in [0.2, 0.25) is 11.8 Å². The summed E-state index contributed by atoms with van der Waals surface area (Å²) in [6, 6.07) is 13.7. The van der Waals surface area contributed by atoms with Crippen molar-refractivity contribution >= 4 is 21.7 Å². The van der Waals surface area contributed by atoms with Crippen molar-refractivity contribution < 1.29 is 31.3 Å². The predicted octanol–water partition coefficient (Wildman–Crippen LogP) is 4.69. The summed E-state index contributed by atoms with van der Waals surface area (Å²) in [6.07, 6.45) is 1.84. The lowest BCUT2D eigenvalue weighted by Crippen LogP contribution is -2.29. The maximum atomic E-state index is 14.1. The van der Waals surface area contributed by atoms with Gasteiger partial charge in [0.25, 0.3) is 0 Å². The molecule has 0 spiro atoms. The molecule has 34 heavy (non-hydrogen) atoms. The minimum Gasteiger partial charge on any atom is -0.497 e. The van der Waals surface area contributed by atoms with E-state index in [0.717, 1.165) is 0 Å². The van der Waals surface area contributed by atoms with Crippen LogP contribution in [0.5, 0.6) is 23.1 Å². The monoisotopic (exact) mass is 488 g/mol. The third kappa shape index (κ3) is 6.22. The summed E-state index contributed by atoms with van der Waals surface area (Å²) in [7, 11) is -2.35. The molecule has 0 unspecified atom stereocenters. The number of benzene rings is 2. The number of amides is 1. The number of rotatable bonds is 10. The summed E-state index contributed by atoms with van der Waals surface area (Å²) < 4.78 is 55.0. The summed E-state index contributed by atoms with van der Waals surface area (Å²) in [6.45, 7) is 2.99. The molecule has 1 amide bonds. The van der Waals surface area contributed by atoms with E-state index >= 15 is 0 Å². The van der Waals surface area contributed by atoms with Crippen LogP contribution in [-0.4, -0.2) is 32.2 Å². The molecule has 0 atom stereocenters. The van der Waals surface area contributed by atoms with E-state index in [1.54, 1.807) is 37.3 Å². The molecule has 0 aliphatic carbocycles. The number of nitrogens with zero attached hydrogens (tertiary/aromatic N) is 2. The molecule has 0 saturated carbocycles. The number of methoxy groups -OCH3 is 1. The van der Waals surface area contributed by atoms with Crippen molar-refractivity contribution in [3.8, 4) is 23.1 Å². The second kappa shape index (κ2) is 11.0. The third-order valence-electron chi connectivity index (χ3n) is 4.73. The number of pyridine rings is 1. The van der Waals surface area contributed by atoms with E-state index in [1.807, 2.05) is 0 Å². The standard InChI is InChI=1S/C24H25FN2O6S/c1-4-14-34(29,30)33-22-12-11-19(31-3)15-18(22)16-27(17(2)28)21-9-7-13-26-24(21)32-23-10-6-5-8-20(23)25/h5-13,15H,4,14,16H2,1-3H3. The molecule has 3 aromatic rings. The zero-order valence-corrected chi connectivity index (χ0v) is 19.8. The molecular formula is C24H25FN2O6S. The number of anilines is 1. The number of halogens is 1. The molecule has 10 heteroatoms. The molecule has 0 aliphatic heterocycles. The fourth-order valence-corrected chi connectivity index (χ4v) is 4.17. The molecule has 1 heterocycles. The lowest BCUT2D eigenvalue weighted by molar-refractivity contribution is -0.116. The zero-order valence-electron chi connectivity index (χ0n) is 19.0. The van der Waals surface area contributed by atoms with Crippen LogP contribution in [0.3, 0.4) is 0 Å². The number of hydrogen-bond acceptors (Lipinski definition) is 7. The lowest BCUT2D eigenvalue weighted by atomic mass is 10.1. The van der Waals surface area contributed by atoms with Gasteiger partial charge in [-0.1, -0.05) is 19.1 Å². The maximum absolute atomic E-state index is 14.1. The predicted molar refractivity (Wildman–Crippen MR) is 125 cm³/mol. The first-order valence-electron chi connectivity index (χ1n) is 10.5. The lowest BCUT2D eigenvalue weighted by Gasteiger charge is -2.24. The minimum atomic E-state index is -3.82. The van der Waals surface area contributed by atoms with Crippen molar-refractivity contribution in [3.05, 3.63) is 72.2 Å². The van der Waals surface area contributed by atoms with Crippen molar-refractivity contribution in [2.24, 2.45) is 0 Å². The van der Waals surface area contributed by atoms with Gasteiger partial charge in [-0.2, -0.15) is 8.42 Å². The van der Waals surface area contributed by atoms with E-state index in [9.17, 15) is 17.6 Å². The van der Waals surface area contributed by atoms with Crippen LogP contribution in [-0.2, 0) is 21.5 Å². The van der Waals surface area contributed by atoms with Gasteiger partial charge in [0.15, 0.2) is 11.6 Å². The Morgan fingerprint density at radius 1 is 1.09 bits per heavy atom. The Kier molecular flexibility index (Phi) is 8.06. The Morgan fingerprint density at radius 3 is 2.53 bits per heavy atom. The van der Waals surface area contributed by atoms with Gasteiger partial charge in [0, 0.05) is 18.7 Å². The highest BCUT2D eigenvalue weighted by Gasteiger charge is 2.23. The average molecular weight is 489 g/mol. The smallest absolute Gasteiger partial charge is 0.309 e. The first kappa shape index (κ1) is 25.0. The molecule has 3 rings (SSSR count). The fourth-order valence-electron chi connectivity index (χ4n) is 3.15. The van der Waals surface area contributed by atoms with Crippen molar-refractivity contribution in [2.45, 2.75) is 26.8 Å². The molecule has 8 nitrogen and oxygen atoms in total. The second-order valence-corrected chi connectivity index (χ2v) is 8.97. The highest BCUT2D eigenvalue weighted by Crippen LogP contribution is 2.34. The van der Waals surface area contributed by atoms with E-state index in [4.69, 9.17) is 13.7 Å². The van der Waals surface area contributed by atoms with E-state index in [1.165, 1.54) is 49.4 Å². The quantitative estimate of drug-likeness (QED) is 0.382. The summed E-state index contributed by atoms with van der Waals surface area (Å²) in [5.41, 5.74) is 0.651. The van der Waals surface area contributed by atoms with Crippen LogP contribution in [0.15, 0.2) is 60.8 Å². The van der Waals surface area contributed by atoms with Crippen LogP contribution in [0.1, 0.15) is 25.8 Å². The molecule has 1 aromatic heterocycles. The van der Waals surface area contributed by atoms with Crippen LogP contribution in [0.25, 0.3) is 0 Å². The van der Waals surface area contributed by atoms with Crippen LogP contribution < -0.4 is 18.6 Å². The Morgan fingerprint density at radius 2 is 1.85 bits per heavy atom. The van der Waals surface area contributed by atoms with Crippen molar-refractivity contribution in [1.82, 2.24) is 4.98 Å². The molecule has 0 aliphatic rings. The van der Waals surface area contributed by atoms with Crippen LogP contribution in [0, 0.1) is 5.82 Å². The number of aromatic nitrogens is 1. The normalized spacial score (nSPS) is 11.1. The van der Waals surface area contributed by atoms with Gasteiger partial charge >= 0.3 is 10.1 Å². The fraction of sp³-hybridized carbons (Fsp3) is 0.250. The second-order valence-electron chi connectivity index (χ2n) is 7.28. The Hall–Kier alpha value is -3.66. The molecule has 0 fully saturated rings. The number of hydrogen-bond donors (Lipinski definition) is 0. The maximum Gasteiger partial charge on any atom is 0.309 e. The van der Waals surface area contributed by atoms with Crippen LogP contribution in [0.2, 0.25) is 0 Å². The Bertz CT molecular complexity index is 1270. The van der Waals surface area contributed by atoms with E-state index in [0.29, 0.717) is 17.7 Å². The van der Waals surface area contributed by atoms with Crippen LogP contribution in [0.4, 0.5) is 10.1 Å². The highest BCUT2D eigenvalue weighted by atomic mass is 32.2. The van der Waals surface area contributed by atoms with Gasteiger partial charge in [-0.3, -0.25) is 4.79 Å². The average Bonchev–Trinajstić information content (AvgIpc) is 2.80. The summed E-state index contributed by atoms with van der Waals surface area (Å²) in [5, 5.41) is 0. The highest BCUT2D eigenvalue weighted by molar-refractivity contribution is 7.87. The van der Waals surface area contributed by atoms with Gasteiger partial charge in [-0.05, 0) is 48.9 Å².